The van der Waals surface area contributed by atoms with Gasteiger partial charge in [0.25, 0.3) is 0 Å². The van der Waals surface area contributed by atoms with Crippen LogP contribution in [-0.2, 0) is 40.5 Å². The Bertz CT molecular complexity index is 4680. The Hall–Kier alpha value is -8.00. The fourth-order valence-electron chi connectivity index (χ4n) is 8.52. The van der Waals surface area contributed by atoms with Gasteiger partial charge in [0, 0.05) is 22.2 Å². The molecule has 0 atom stereocenters. The summed E-state index contributed by atoms with van der Waals surface area (Å²) >= 11 is 0. The molecule has 9 aromatic rings. The normalized spacial score (nSPS) is 13.1. The number of furan rings is 2. The van der Waals surface area contributed by atoms with Gasteiger partial charge in [0.15, 0.2) is 112 Å². The quantitative estimate of drug-likeness (QED) is 0.0512. The smallest absolute Gasteiger partial charge is 0.300 e. The van der Waals surface area contributed by atoms with Gasteiger partial charge < -0.3 is 18.8 Å². The van der Waals surface area contributed by atoms with Gasteiger partial charge in [0.1, 0.15) is 0 Å². The number of benzene rings is 4. The second-order valence-electron chi connectivity index (χ2n) is 16.0. The van der Waals surface area contributed by atoms with Gasteiger partial charge in [-0.05, 0) is 36.4 Å². The molecule has 0 fully saturated rings. The number of halogens is 14. The van der Waals surface area contributed by atoms with E-state index < -0.39 is 241 Å². The molecule has 1 aliphatic rings. The average Bonchev–Trinajstić information content (AvgIpc) is 4.33. The summed E-state index contributed by atoms with van der Waals surface area (Å²) in [7, 11) is -24.7. The predicted molar refractivity (Wildman–Crippen MR) is 234 cm³/mol. The van der Waals surface area contributed by atoms with E-state index >= 15 is 61.5 Å². The van der Waals surface area contributed by atoms with Crippen LogP contribution in [0.15, 0.2) is 52.7 Å². The van der Waals surface area contributed by atoms with E-state index in [4.69, 9.17) is 8.83 Å². The molecule has 36 heteroatoms. The van der Waals surface area contributed by atoms with E-state index in [0.717, 1.165) is 0 Å². The minimum Gasteiger partial charge on any atom is -0.434 e. The lowest BCUT2D eigenvalue weighted by atomic mass is 10.0. The lowest BCUT2D eigenvalue weighted by molar-refractivity contribution is 0.406. The van der Waals surface area contributed by atoms with Crippen LogP contribution in [0.5, 0.6) is 0 Å². The summed E-state index contributed by atoms with van der Waals surface area (Å²) in [5, 5.41) is -5.76. The van der Waals surface area contributed by atoms with Crippen LogP contribution in [0.2, 0.25) is 0 Å². The number of rotatable bonds is 6. The molecular formula is C42H12F14N4O14S4. The van der Waals surface area contributed by atoms with Gasteiger partial charge in [0.05, 0.1) is 55.1 Å². The Morgan fingerprint density at radius 2 is 0.603 bits per heavy atom. The van der Waals surface area contributed by atoms with E-state index in [0.29, 0.717) is 36.4 Å². The third kappa shape index (κ3) is 7.71. The van der Waals surface area contributed by atoms with Crippen molar-refractivity contribution < 1.29 is 122 Å². The molecule has 0 spiro atoms. The van der Waals surface area contributed by atoms with Crippen molar-refractivity contribution >= 4 is 119 Å². The van der Waals surface area contributed by atoms with E-state index in [1.807, 2.05) is 0 Å². The molecule has 4 aromatic carbocycles. The second-order valence-corrected chi connectivity index (χ2v) is 21.4. The highest BCUT2D eigenvalue weighted by Gasteiger charge is 2.39. The Labute approximate surface area is 418 Å². The summed E-state index contributed by atoms with van der Waals surface area (Å²) in [6, 6.07) is 2.21. The molecule has 0 unspecified atom stereocenters. The zero-order valence-electron chi connectivity index (χ0n) is 36.2. The minimum atomic E-state index is -6.22. The number of aromatic nitrogens is 4. The number of hydrogen-bond acceptors (Lipinski definition) is 12. The highest BCUT2D eigenvalue weighted by atomic mass is 32.2. The lowest BCUT2D eigenvalue weighted by Crippen LogP contribution is -2.12. The largest absolute Gasteiger partial charge is 0.434 e. The molecule has 406 valence electrons. The first-order valence-corrected chi connectivity index (χ1v) is 25.7. The molecular weight excluding hydrogens is 1180 g/mol. The summed E-state index contributed by atoms with van der Waals surface area (Å²) in [5.41, 5.74) is -20.1. The maximum Gasteiger partial charge on any atom is 0.300 e. The fourth-order valence-corrected chi connectivity index (χ4v) is 11.1. The van der Waals surface area contributed by atoms with Gasteiger partial charge in [0.2, 0.25) is 11.4 Å². The van der Waals surface area contributed by atoms with Crippen LogP contribution >= 0.6 is 0 Å². The van der Waals surface area contributed by atoms with Crippen LogP contribution < -0.4 is 0 Å². The lowest BCUT2D eigenvalue weighted by Gasteiger charge is -2.12. The van der Waals surface area contributed by atoms with Crippen LogP contribution in [0.3, 0.4) is 0 Å². The summed E-state index contributed by atoms with van der Waals surface area (Å²) in [5.74, 6) is -37.9. The molecule has 6 heterocycles. The highest BCUT2D eigenvalue weighted by molar-refractivity contribution is 7.86. The molecule has 5 aromatic heterocycles. The topological polar surface area (TPSA) is 301 Å². The Kier molecular flexibility index (Phi) is 11.8. The molecule has 6 N–H and O–H groups in total. The van der Waals surface area contributed by atoms with Crippen molar-refractivity contribution in [1.82, 2.24) is 19.9 Å². The molecule has 0 saturated carbocycles. The SMILES string of the molecule is O=S(=O)(O)c1c(F)c(F)c(-c2c3nc(c(-c4c(F)c(F)c(S(=O)(=O)O)c(F)c4F)c4ccc([nH]4)c4c(nc5oc6c(F)c(S(=O)(=O)O)c(F)c(F)c6c5c5ccc2[nH]5)oc2c(F)c(S(=O)(=O)O)c(F)c(F)c24)C=C3)c(F)c1F. The molecule has 18 nitrogen and oxygen atoms in total. The average molecular weight is 1190 g/mol. The van der Waals surface area contributed by atoms with Crippen molar-refractivity contribution in [2.24, 2.45) is 0 Å². The summed E-state index contributed by atoms with van der Waals surface area (Å²) < 4.78 is 369. The van der Waals surface area contributed by atoms with Crippen LogP contribution in [0, 0.1) is 81.4 Å². The first kappa shape index (κ1) is 53.4. The van der Waals surface area contributed by atoms with Crippen molar-refractivity contribution in [3.05, 3.63) is 117 Å². The number of hydrogen-bond donors (Lipinski definition) is 6. The molecule has 78 heavy (non-hydrogen) atoms. The van der Waals surface area contributed by atoms with Crippen molar-refractivity contribution in [2.45, 2.75) is 19.6 Å². The van der Waals surface area contributed by atoms with E-state index in [-0.39, 0.29) is 0 Å². The molecule has 6 bridgehead atoms. The molecule has 0 saturated heterocycles. The van der Waals surface area contributed by atoms with Gasteiger partial charge in [-0.2, -0.15) is 38.7 Å². The Balaban J connectivity index is 1.56. The van der Waals surface area contributed by atoms with Crippen LogP contribution in [0.1, 0.15) is 11.4 Å². The first-order chi connectivity index (χ1) is 36.1. The zero-order chi connectivity index (χ0) is 57.3. The van der Waals surface area contributed by atoms with Gasteiger partial charge in [-0.15, -0.1) is 0 Å². The van der Waals surface area contributed by atoms with Crippen molar-refractivity contribution in [1.29, 1.82) is 0 Å². The predicted octanol–water partition coefficient (Wildman–Crippen LogP) is 10.2. The Morgan fingerprint density at radius 1 is 0.333 bits per heavy atom. The van der Waals surface area contributed by atoms with E-state index in [1.165, 1.54) is 0 Å². The molecule has 10 rings (SSSR count). The van der Waals surface area contributed by atoms with Crippen LogP contribution in [0.4, 0.5) is 61.5 Å². The van der Waals surface area contributed by atoms with Gasteiger partial charge in [-0.25, -0.2) is 66.4 Å². The summed E-state index contributed by atoms with van der Waals surface area (Å²) in [4.78, 5) is 1.86. The highest BCUT2D eigenvalue weighted by Crippen LogP contribution is 2.45. The fraction of sp³-hybridized carbons (Fsp3) is 0. The Morgan fingerprint density at radius 3 is 0.897 bits per heavy atom. The number of fused-ring (bicyclic) bond motifs is 14. The first-order valence-electron chi connectivity index (χ1n) is 20.0. The van der Waals surface area contributed by atoms with E-state index in [2.05, 4.69) is 19.9 Å². The van der Waals surface area contributed by atoms with Gasteiger partial charge in [-0.3, -0.25) is 18.2 Å². The molecule has 0 radical (unpaired) electrons. The second kappa shape index (κ2) is 17.2. The standard InChI is InChI=1S/C42H12F14N4O14S4/c43-21-17(22(44)28(50)37(27(21)49)75(61,62)63)13-7-1-2-8(57-7)14(18-23(45)29(51)38(76(64,65)66)30(52)24(18)46)10-4-6-12(59-10)16-20-26(48)32(54)40(78(70,71)72)34(56)36(20)74-42(16)60-41-15(11-5-3-9(13)58-11)19-25(47)31(53)39(77(67,68)69)33(55)35(19)73-41/h1-6,58-59H,(H,61,62,63)(H,64,65,66)(H,67,68,69)(H,70,71,72). The van der Waals surface area contributed by atoms with Gasteiger partial charge in [-0.1, -0.05) is 0 Å². The number of nitrogens with zero attached hydrogens (tertiary/aromatic N) is 2. The van der Waals surface area contributed by atoms with Crippen molar-refractivity contribution in [3.63, 3.8) is 0 Å². The minimum absolute atomic E-state index is 0.498. The van der Waals surface area contributed by atoms with E-state index in [9.17, 15) is 51.9 Å². The molecule has 0 aliphatic carbocycles. The maximum absolute atomic E-state index is 16.3. The summed E-state index contributed by atoms with van der Waals surface area (Å²) in [6.07, 6.45) is 0.997. The number of H-pyrrole nitrogens is 2. The van der Waals surface area contributed by atoms with Crippen molar-refractivity contribution in [3.8, 4) is 22.3 Å². The monoisotopic (exact) mass is 1190 g/mol. The summed E-state index contributed by atoms with van der Waals surface area (Å²) in [6.45, 7) is 0. The third-order valence-electron chi connectivity index (χ3n) is 11.6. The van der Waals surface area contributed by atoms with E-state index in [1.54, 1.807) is 0 Å². The molecule has 1 aliphatic heterocycles. The maximum atomic E-state index is 16.3. The molecule has 0 amide bonds. The van der Waals surface area contributed by atoms with Crippen molar-refractivity contribution in [2.75, 3.05) is 0 Å². The van der Waals surface area contributed by atoms with Crippen LogP contribution in [0.25, 0.3) is 101 Å². The zero-order valence-corrected chi connectivity index (χ0v) is 39.4. The van der Waals surface area contributed by atoms with Crippen LogP contribution in [-0.4, -0.2) is 71.8 Å². The third-order valence-corrected chi connectivity index (χ3v) is 15.1. The number of aromatic amines is 2. The van der Waals surface area contributed by atoms with Gasteiger partial charge >= 0.3 is 40.5 Å². The number of nitrogens with one attached hydrogen (secondary N) is 2.